The van der Waals surface area contributed by atoms with Crippen LogP contribution in [0.2, 0.25) is 0 Å². The van der Waals surface area contributed by atoms with Crippen LogP contribution in [0.15, 0.2) is 12.4 Å². The molecular formula is C10H18N4O. The number of rotatable bonds is 5. The Bertz CT molecular complexity index is 321. The van der Waals surface area contributed by atoms with E-state index in [1.807, 2.05) is 24.7 Å². The van der Waals surface area contributed by atoms with E-state index in [9.17, 15) is 4.79 Å². The third-order valence-corrected chi connectivity index (χ3v) is 2.30. The molecule has 0 spiro atoms. The SMILES string of the molecule is CC(CN)CC(=O)NCc1nccn1C. The maximum absolute atomic E-state index is 11.4. The van der Waals surface area contributed by atoms with Crippen LogP contribution in [-0.4, -0.2) is 22.0 Å². The summed E-state index contributed by atoms with van der Waals surface area (Å²) in [6.45, 7) is 2.97. The molecule has 0 bridgehead atoms. The van der Waals surface area contributed by atoms with Gasteiger partial charge < -0.3 is 15.6 Å². The molecule has 0 saturated heterocycles. The normalized spacial score (nSPS) is 12.5. The van der Waals surface area contributed by atoms with Gasteiger partial charge in [0.2, 0.25) is 5.91 Å². The molecule has 5 heteroatoms. The molecule has 1 aromatic heterocycles. The Morgan fingerprint density at radius 1 is 1.73 bits per heavy atom. The summed E-state index contributed by atoms with van der Waals surface area (Å²) in [4.78, 5) is 15.5. The van der Waals surface area contributed by atoms with E-state index in [1.54, 1.807) is 6.20 Å². The molecule has 3 N–H and O–H groups in total. The Kier molecular flexibility index (Phi) is 4.30. The first-order valence-corrected chi connectivity index (χ1v) is 5.06. The number of hydrogen-bond donors (Lipinski definition) is 2. The van der Waals surface area contributed by atoms with Crippen molar-refractivity contribution in [3.63, 3.8) is 0 Å². The summed E-state index contributed by atoms with van der Waals surface area (Å²) in [5.74, 6) is 1.10. The first-order chi connectivity index (χ1) is 7.13. The predicted octanol–water partition coefficient (Wildman–Crippen LogP) is 0.0212. The van der Waals surface area contributed by atoms with Crippen LogP contribution in [-0.2, 0) is 18.4 Å². The van der Waals surface area contributed by atoms with Gasteiger partial charge in [-0.3, -0.25) is 4.79 Å². The molecule has 1 heterocycles. The van der Waals surface area contributed by atoms with Crippen molar-refractivity contribution in [3.8, 4) is 0 Å². The molecule has 1 unspecified atom stereocenters. The van der Waals surface area contributed by atoms with Crippen LogP contribution in [0, 0.1) is 5.92 Å². The highest BCUT2D eigenvalue weighted by molar-refractivity contribution is 5.76. The van der Waals surface area contributed by atoms with Crippen molar-refractivity contribution < 1.29 is 4.79 Å². The smallest absolute Gasteiger partial charge is 0.220 e. The largest absolute Gasteiger partial charge is 0.349 e. The summed E-state index contributed by atoms with van der Waals surface area (Å²) in [6.07, 6.45) is 4.04. The van der Waals surface area contributed by atoms with Gasteiger partial charge >= 0.3 is 0 Å². The third-order valence-electron chi connectivity index (χ3n) is 2.30. The Morgan fingerprint density at radius 3 is 3.00 bits per heavy atom. The molecule has 15 heavy (non-hydrogen) atoms. The van der Waals surface area contributed by atoms with Gasteiger partial charge in [0, 0.05) is 25.9 Å². The van der Waals surface area contributed by atoms with Crippen molar-refractivity contribution in [3.05, 3.63) is 18.2 Å². The molecule has 0 radical (unpaired) electrons. The highest BCUT2D eigenvalue weighted by Crippen LogP contribution is 1.99. The number of nitrogens with one attached hydrogen (secondary N) is 1. The Balaban J connectivity index is 2.31. The van der Waals surface area contributed by atoms with Crippen LogP contribution in [0.25, 0.3) is 0 Å². The third kappa shape index (κ3) is 3.71. The van der Waals surface area contributed by atoms with E-state index in [0.29, 0.717) is 19.5 Å². The first kappa shape index (κ1) is 11.7. The van der Waals surface area contributed by atoms with Gasteiger partial charge in [-0.05, 0) is 12.5 Å². The summed E-state index contributed by atoms with van der Waals surface area (Å²) >= 11 is 0. The topological polar surface area (TPSA) is 72.9 Å². The molecule has 1 atom stereocenters. The Hall–Kier alpha value is -1.36. The van der Waals surface area contributed by atoms with Crippen LogP contribution in [0.1, 0.15) is 19.2 Å². The summed E-state index contributed by atoms with van der Waals surface area (Å²) in [5.41, 5.74) is 5.44. The maximum Gasteiger partial charge on any atom is 0.220 e. The quantitative estimate of drug-likeness (QED) is 0.719. The van der Waals surface area contributed by atoms with Gasteiger partial charge in [-0.15, -0.1) is 0 Å². The Morgan fingerprint density at radius 2 is 2.47 bits per heavy atom. The van der Waals surface area contributed by atoms with E-state index in [2.05, 4.69) is 10.3 Å². The molecule has 0 aliphatic heterocycles. The summed E-state index contributed by atoms with van der Waals surface area (Å²) in [7, 11) is 1.90. The molecule has 84 valence electrons. The number of carbonyl (C=O) groups excluding carboxylic acids is 1. The van der Waals surface area contributed by atoms with Crippen LogP contribution in [0.4, 0.5) is 0 Å². The van der Waals surface area contributed by atoms with Gasteiger partial charge in [-0.25, -0.2) is 4.98 Å². The molecule has 0 aromatic carbocycles. The fourth-order valence-corrected chi connectivity index (χ4v) is 1.22. The second-order valence-corrected chi connectivity index (χ2v) is 3.78. The van der Waals surface area contributed by atoms with E-state index in [1.165, 1.54) is 0 Å². The van der Waals surface area contributed by atoms with Crippen molar-refractivity contribution in [2.75, 3.05) is 6.54 Å². The molecule has 0 saturated carbocycles. The van der Waals surface area contributed by atoms with Gasteiger partial charge in [-0.1, -0.05) is 6.92 Å². The fourth-order valence-electron chi connectivity index (χ4n) is 1.22. The fraction of sp³-hybridized carbons (Fsp3) is 0.600. The van der Waals surface area contributed by atoms with E-state index in [4.69, 9.17) is 5.73 Å². The zero-order valence-electron chi connectivity index (χ0n) is 9.23. The minimum Gasteiger partial charge on any atom is -0.349 e. The van der Waals surface area contributed by atoms with Crippen LogP contribution in [0.3, 0.4) is 0 Å². The number of amides is 1. The molecule has 0 aliphatic rings. The predicted molar refractivity (Wildman–Crippen MR) is 57.9 cm³/mol. The van der Waals surface area contributed by atoms with Crippen molar-refractivity contribution in [2.24, 2.45) is 18.7 Å². The van der Waals surface area contributed by atoms with Gasteiger partial charge in [-0.2, -0.15) is 0 Å². The van der Waals surface area contributed by atoms with E-state index in [-0.39, 0.29) is 11.8 Å². The zero-order valence-corrected chi connectivity index (χ0v) is 9.23. The summed E-state index contributed by atoms with van der Waals surface area (Å²) in [5, 5.41) is 2.81. The van der Waals surface area contributed by atoms with Crippen LogP contribution >= 0.6 is 0 Å². The molecule has 0 fully saturated rings. The lowest BCUT2D eigenvalue weighted by Crippen LogP contribution is -2.27. The lowest BCUT2D eigenvalue weighted by atomic mass is 10.1. The van der Waals surface area contributed by atoms with Gasteiger partial charge in [0.15, 0.2) is 0 Å². The first-order valence-electron chi connectivity index (χ1n) is 5.06. The van der Waals surface area contributed by atoms with Crippen molar-refractivity contribution in [2.45, 2.75) is 19.9 Å². The van der Waals surface area contributed by atoms with Crippen molar-refractivity contribution in [1.82, 2.24) is 14.9 Å². The number of imidazole rings is 1. The lowest BCUT2D eigenvalue weighted by molar-refractivity contribution is -0.122. The van der Waals surface area contributed by atoms with E-state index < -0.39 is 0 Å². The minimum atomic E-state index is 0.0240. The number of nitrogens with zero attached hydrogens (tertiary/aromatic N) is 2. The average molecular weight is 210 g/mol. The minimum absolute atomic E-state index is 0.0240. The van der Waals surface area contributed by atoms with Crippen molar-refractivity contribution >= 4 is 5.91 Å². The number of nitrogens with two attached hydrogens (primary N) is 1. The van der Waals surface area contributed by atoms with E-state index in [0.717, 1.165) is 5.82 Å². The molecule has 5 nitrogen and oxygen atoms in total. The number of aryl methyl sites for hydroxylation is 1. The Labute approximate surface area is 89.7 Å². The zero-order chi connectivity index (χ0) is 11.3. The summed E-state index contributed by atoms with van der Waals surface area (Å²) < 4.78 is 1.88. The average Bonchev–Trinajstić information content (AvgIpc) is 2.61. The van der Waals surface area contributed by atoms with Crippen LogP contribution in [0.5, 0.6) is 0 Å². The number of hydrogen-bond acceptors (Lipinski definition) is 3. The monoisotopic (exact) mass is 210 g/mol. The molecule has 0 aliphatic carbocycles. The standard InChI is InChI=1S/C10H18N4O/c1-8(6-11)5-10(15)13-7-9-12-3-4-14(9)2/h3-4,8H,5-7,11H2,1-2H3,(H,13,15). The lowest BCUT2D eigenvalue weighted by Gasteiger charge is -2.08. The van der Waals surface area contributed by atoms with Gasteiger partial charge in [0.1, 0.15) is 5.82 Å². The molecule has 1 amide bonds. The molecular weight excluding hydrogens is 192 g/mol. The van der Waals surface area contributed by atoms with Crippen molar-refractivity contribution in [1.29, 1.82) is 0 Å². The van der Waals surface area contributed by atoms with Crippen LogP contribution < -0.4 is 11.1 Å². The van der Waals surface area contributed by atoms with Gasteiger partial charge in [0.25, 0.3) is 0 Å². The highest BCUT2D eigenvalue weighted by atomic mass is 16.1. The van der Waals surface area contributed by atoms with Gasteiger partial charge in [0.05, 0.1) is 6.54 Å². The molecule has 1 aromatic rings. The number of aromatic nitrogens is 2. The second kappa shape index (κ2) is 5.50. The van der Waals surface area contributed by atoms with E-state index >= 15 is 0 Å². The maximum atomic E-state index is 11.4. The number of carbonyl (C=O) groups is 1. The summed E-state index contributed by atoms with van der Waals surface area (Å²) in [6, 6.07) is 0. The molecule has 1 rings (SSSR count). The highest BCUT2D eigenvalue weighted by Gasteiger charge is 2.07. The second-order valence-electron chi connectivity index (χ2n) is 3.78.